The van der Waals surface area contributed by atoms with Crippen LogP contribution in [-0.4, -0.2) is 19.7 Å². The molecule has 420 valence electrons. The fraction of sp³-hybridized carbons (Fsp3) is 0.0238. The predicted molar refractivity (Wildman–Crippen MR) is 385 cm³/mol. The third kappa shape index (κ3) is 7.34. The summed E-state index contributed by atoms with van der Waals surface area (Å²) < 4.78 is 12.5. The number of hydrogen-bond donors (Lipinski definition) is 0. The summed E-state index contributed by atoms with van der Waals surface area (Å²) in [5.74, 6) is 0.193. The van der Waals surface area contributed by atoms with Gasteiger partial charge in [-0.25, -0.2) is 0 Å². The first-order valence-corrected chi connectivity index (χ1v) is 32.7. The first kappa shape index (κ1) is 50.0. The molecule has 20 rings (SSSR count). The summed E-state index contributed by atoms with van der Waals surface area (Å²) in [4.78, 5) is 2.62. The lowest BCUT2D eigenvalue weighted by atomic mass is 9.86. The fourth-order valence-corrected chi connectivity index (χ4v) is 17.8. The summed E-state index contributed by atoms with van der Waals surface area (Å²) in [6.45, 7) is 0. The molecule has 2 atom stereocenters. The molecular formula is C84H52N4S2. The normalized spacial score (nSPS) is 14.9. The zero-order valence-corrected chi connectivity index (χ0v) is 50.3. The molecule has 4 nitrogen and oxygen atoms in total. The van der Waals surface area contributed by atoms with Gasteiger partial charge in [0.2, 0.25) is 0 Å². The lowest BCUT2D eigenvalue weighted by Gasteiger charge is -2.30. The van der Waals surface area contributed by atoms with Crippen LogP contribution in [0.2, 0.25) is 0 Å². The van der Waals surface area contributed by atoms with E-state index in [0.29, 0.717) is 0 Å². The standard InChI is InChI=1S/C84H52N4S2/c1-2-17-57(18-3-1)85-72-26-9-4-20-60(72)66-45-52(32-38-76(66)85)55-35-41-79-69(48-55)63-23-7-12-29-75(63)88(79)80-30-15-25-65-70-49-56(36-42-83(70)90-84(65)80)51-16-14-19-58(44-51)86-73-27-10-5-21-61(73)67-46-53(33-39-77(67)86)54-34-40-78-68(47-54)62-22-6-11-28-74(62)87(78)59-37-43-82-71(50-59)64-24-8-13-31-81(64)89-82/h1-50,69,79H. The van der Waals surface area contributed by atoms with E-state index >= 15 is 0 Å². The first-order valence-electron chi connectivity index (χ1n) is 31.0. The summed E-state index contributed by atoms with van der Waals surface area (Å²) in [5, 5.41) is 12.7. The van der Waals surface area contributed by atoms with Crippen molar-refractivity contribution in [1.29, 1.82) is 0 Å². The predicted octanol–water partition coefficient (Wildman–Crippen LogP) is 23.3. The van der Waals surface area contributed by atoms with Crippen LogP contribution >= 0.6 is 22.7 Å². The van der Waals surface area contributed by atoms with Crippen LogP contribution < -0.4 is 4.90 Å². The lowest BCUT2D eigenvalue weighted by molar-refractivity contribution is 0.749. The molecule has 6 heterocycles. The number of thiophene rings is 2. The SMILES string of the molecule is C1=CC2C(C=C1c1ccc3c(c1)c1ccccc1n3-c1ccccc1)c1ccccc1N2c1cccc2c1sc1ccc(-c3cccc(-n4c5ccccc5c5cc(-c6ccc7c(c6)c6ccccc6n7-c6ccc7sc8ccccc8c7c6)ccc54)c3)cc12. The van der Waals surface area contributed by atoms with Crippen LogP contribution in [0.15, 0.2) is 303 Å². The summed E-state index contributed by atoms with van der Waals surface area (Å²) >= 11 is 3.78. The largest absolute Gasteiger partial charge is 0.332 e. The van der Waals surface area contributed by atoms with Crippen LogP contribution in [-0.2, 0) is 0 Å². The van der Waals surface area contributed by atoms with Gasteiger partial charge in [0.15, 0.2) is 0 Å². The molecule has 0 saturated carbocycles. The van der Waals surface area contributed by atoms with E-state index in [1.54, 1.807) is 0 Å². The van der Waals surface area contributed by atoms with Crippen LogP contribution in [0.25, 0.3) is 151 Å². The van der Waals surface area contributed by atoms with E-state index in [-0.39, 0.29) is 12.0 Å². The van der Waals surface area contributed by atoms with Gasteiger partial charge >= 0.3 is 0 Å². The molecule has 5 aromatic heterocycles. The van der Waals surface area contributed by atoms with Gasteiger partial charge in [-0.2, -0.15) is 0 Å². The van der Waals surface area contributed by atoms with Crippen LogP contribution in [0.5, 0.6) is 0 Å². The van der Waals surface area contributed by atoms with E-state index in [2.05, 4.69) is 322 Å². The van der Waals surface area contributed by atoms with Crippen molar-refractivity contribution in [2.45, 2.75) is 12.0 Å². The van der Waals surface area contributed by atoms with Crippen molar-refractivity contribution in [3.63, 3.8) is 0 Å². The van der Waals surface area contributed by atoms with Gasteiger partial charge in [-0.1, -0.05) is 176 Å². The highest BCUT2D eigenvalue weighted by molar-refractivity contribution is 7.26. The minimum Gasteiger partial charge on any atom is -0.332 e. The smallest absolute Gasteiger partial charge is 0.0630 e. The zero-order chi connectivity index (χ0) is 58.7. The molecule has 6 heteroatoms. The van der Waals surface area contributed by atoms with Crippen molar-refractivity contribution >= 4 is 145 Å². The van der Waals surface area contributed by atoms with Crippen molar-refractivity contribution in [2.24, 2.45) is 0 Å². The maximum absolute atomic E-state index is 2.62. The maximum Gasteiger partial charge on any atom is 0.0630 e. The Labute approximate surface area is 526 Å². The first-order chi connectivity index (χ1) is 44.6. The molecule has 0 N–H and O–H groups in total. The number of nitrogens with zero attached hydrogens (tertiary/aromatic N) is 4. The number of rotatable bonds is 7. The van der Waals surface area contributed by atoms with Gasteiger partial charge in [-0.3, -0.25) is 0 Å². The highest BCUT2D eigenvalue weighted by Crippen LogP contribution is 2.53. The van der Waals surface area contributed by atoms with Crippen molar-refractivity contribution in [1.82, 2.24) is 13.7 Å². The Hall–Kier alpha value is -11.0. The molecular weight excluding hydrogens is 1130 g/mol. The average molecular weight is 1180 g/mol. The number of hydrogen-bond acceptors (Lipinski definition) is 3. The molecule has 1 aliphatic heterocycles. The van der Waals surface area contributed by atoms with E-state index in [4.69, 9.17) is 0 Å². The van der Waals surface area contributed by atoms with E-state index in [1.807, 2.05) is 22.7 Å². The molecule has 0 bridgehead atoms. The topological polar surface area (TPSA) is 18.0 Å². The fourth-order valence-electron chi connectivity index (χ4n) is 15.5. The minimum absolute atomic E-state index is 0.139. The monoisotopic (exact) mass is 1180 g/mol. The molecule has 0 amide bonds. The van der Waals surface area contributed by atoms with E-state index in [0.717, 1.165) is 5.69 Å². The zero-order valence-electron chi connectivity index (χ0n) is 48.6. The minimum atomic E-state index is 0.139. The molecule has 0 fully saturated rings. The molecule has 13 aromatic carbocycles. The maximum atomic E-state index is 2.62. The molecule has 0 spiro atoms. The third-order valence-corrected chi connectivity index (χ3v) is 21.9. The second-order valence-corrected chi connectivity index (χ2v) is 26.4. The second-order valence-electron chi connectivity index (χ2n) is 24.3. The molecule has 2 aliphatic rings. The van der Waals surface area contributed by atoms with E-state index < -0.39 is 0 Å². The molecule has 0 saturated heterocycles. The molecule has 2 unspecified atom stereocenters. The Morgan fingerprint density at radius 1 is 0.278 bits per heavy atom. The quantitative estimate of drug-likeness (QED) is 0.156. The Morgan fingerprint density at radius 3 is 1.46 bits per heavy atom. The van der Waals surface area contributed by atoms with Crippen molar-refractivity contribution < 1.29 is 0 Å². The van der Waals surface area contributed by atoms with Crippen LogP contribution in [0.1, 0.15) is 17.0 Å². The van der Waals surface area contributed by atoms with Crippen LogP contribution in [0.3, 0.4) is 0 Å². The van der Waals surface area contributed by atoms with Gasteiger partial charge in [0, 0.05) is 96.6 Å². The van der Waals surface area contributed by atoms with Crippen LogP contribution in [0, 0.1) is 0 Å². The van der Waals surface area contributed by atoms with Gasteiger partial charge in [0.25, 0.3) is 0 Å². The molecule has 1 aliphatic carbocycles. The number of fused-ring (bicyclic) bond motifs is 18. The number of benzene rings is 13. The van der Waals surface area contributed by atoms with Gasteiger partial charge in [-0.15, -0.1) is 22.7 Å². The number of allylic oxidation sites excluding steroid dienone is 2. The van der Waals surface area contributed by atoms with Crippen LogP contribution in [0.4, 0.5) is 11.4 Å². The highest BCUT2D eigenvalue weighted by atomic mass is 32.1. The number of para-hydroxylation sites is 5. The Kier molecular flexibility index (Phi) is 10.7. The number of anilines is 2. The van der Waals surface area contributed by atoms with E-state index in [9.17, 15) is 0 Å². The lowest BCUT2D eigenvalue weighted by Crippen LogP contribution is -2.29. The summed E-state index contributed by atoms with van der Waals surface area (Å²) in [6.07, 6.45) is 7.36. The summed E-state index contributed by atoms with van der Waals surface area (Å²) in [6, 6.07) is 107. The van der Waals surface area contributed by atoms with Gasteiger partial charge in [-0.05, 0) is 166 Å². The summed E-state index contributed by atoms with van der Waals surface area (Å²) in [5.41, 5.74) is 21.9. The van der Waals surface area contributed by atoms with Gasteiger partial charge in [0.1, 0.15) is 0 Å². The Morgan fingerprint density at radius 2 is 0.744 bits per heavy atom. The van der Waals surface area contributed by atoms with Gasteiger partial charge < -0.3 is 18.6 Å². The van der Waals surface area contributed by atoms with Gasteiger partial charge in [0.05, 0.1) is 49.5 Å². The molecule has 0 radical (unpaired) electrons. The highest BCUT2D eigenvalue weighted by Gasteiger charge is 2.39. The average Bonchev–Trinajstić information content (AvgIpc) is 1.70. The number of aromatic nitrogens is 3. The molecule has 18 aromatic rings. The summed E-state index contributed by atoms with van der Waals surface area (Å²) in [7, 11) is 0. The second kappa shape index (κ2) is 19.2. The van der Waals surface area contributed by atoms with Crippen molar-refractivity contribution in [3.05, 3.63) is 314 Å². The van der Waals surface area contributed by atoms with Crippen molar-refractivity contribution in [3.8, 4) is 39.3 Å². The third-order valence-electron chi connectivity index (χ3n) is 19.5. The Balaban J connectivity index is 0.635. The molecule has 90 heavy (non-hydrogen) atoms. The van der Waals surface area contributed by atoms with Crippen molar-refractivity contribution in [2.75, 3.05) is 4.90 Å². The Bertz CT molecular complexity index is 6140. The van der Waals surface area contributed by atoms with E-state index in [1.165, 1.54) is 167 Å².